The lowest BCUT2D eigenvalue weighted by Gasteiger charge is -2.47. The van der Waals surface area contributed by atoms with Crippen molar-refractivity contribution in [2.24, 2.45) is 53.3 Å². The first kappa shape index (κ1) is 71.8. The lowest BCUT2D eigenvalue weighted by atomic mass is 9.84. The minimum Gasteiger partial charge on any atom is -0.548 e. The molecule has 4 amide bonds. The van der Waals surface area contributed by atoms with Crippen LogP contribution in [0.3, 0.4) is 0 Å². The van der Waals surface area contributed by atoms with Crippen LogP contribution in [0.25, 0.3) is 0 Å². The van der Waals surface area contributed by atoms with E-state index >= 15 is 0 Å². The van der Waals surface area contributed by atoms with Crippen LogP contribution in [0, 0.1) is 53.3 Å². The van der Waals surface area contributed by atoms with Gasteiger partial charge in [0.2, 0.25) is 23.6 Å². The molecule has 0 aromatic rings. The molecule has 3 rings (SSSR count). The maximum Gasteiger partial charge on any atom is 0.229 e. The number of quaternary nitrogens is 1. The molecule has 3 fully saturated rings. The molecule has 470 valence electrons. The Kier molecular flexibility index (Phi) is 27.2. The monoisotopic (exact) mass is 1170 g/mol. The second-order valence-electron chi connectivity index (χ2n) is 24.4. The van der Waals surface area contributed by atoms with Crippen molar-refractivity contribution in [1.29, 1.82) is 0 Å². The van der Waals surface area contributed by atoms with Crippen molar-refractivity contribution in [1.82, 2.24) is 20.9 Å². The summed E-state index contributed by atoms with van der Waals surface area (Å²) in [5, 5.41) is 81.0. The van der Waals surface area contributed by atoms with Crippen molar-refractivity contribution >= 4 is 52.7 Å². The van der Waals surface area contributed by atoms with E-state index in [1.807, 2.05) is 0 Å². The molecule has 0 spiro atoms. The number of ether oxygens (including phenoxy) is 5. The van der Waals surface area contributed by atoms with E-state index in [-0.39, 0.29) is 38.2 Å². The Morgan fingerprint density at radius 1 is 0.622 bits per heavy atom. The van der Waals surface area contributed by atoms with Crippen LogP contribution in [0.1, 0.15) is 130 Å². The van der Waals surface area contributed by atoms with Crippen LogP contribution in [0.4, 0.5) is 0 Å². The predicted molar refractivity (Wildman–Crippen MR) is 287 cm³/mol. The summed E-state index contributed by atoms with van der Waals surface area (Å²) in [5.41, 5.74) is 2.71. The number of carbonyl (C=O) groups is 9. The van der Waals surface area contributed by atoms with Crippen LogP contribution >= 0.6 is 0 Å². The smallest absolute Gasteiger partial charge is 0.229 e. The summed E-state index contributed by atoms with van der Waals surface area (Å²) in [6.07, 6.45) is -15.9. The van der Waals surface area contributed by atoms with E-state index in [1.165, 1.54) is 32.6 Å². The molecular formula is C56H95N5O21. The van der Waals surface area contributed by atoms with Crippen molar-refractivity contribution in [3.63, 3.8) is 0 Å². The standard InChI is InChI=1S/C56H95N5O21/c1-23(2)32(51(74)60-43(26(7)8)39(67)18-33(24(3)4)50(73)59-30(12)53(76)77)17-36(64)29(11)58-49(72)27(9)16-37(65)35-22-78-56(14,15)61(35)52(75)34(25(5)6)19-38(66)42(57)31(13)79-54-28(10)48(45(69)41(21-63)80-54)82-55-47(71)46(70)44(68)40(20-62)81-55/h23-35,40-48,54-55,62-63,68-71H,16-22,57H2,1-15H3,(H,58,72)(H,59,73)(H,60,74)(H,76,77)/t27?,28?,29-,30-,31?,32?,33?,34?,35-,40?,41?,42-,43-,44-,45-,46-,47?,48+,54-,55-/m0/s1. The second kappa shape index (κ2) is 31.1. The molecule has 3 saturated heterocycles. The number of hydrogen-bond donors (Lipinski definition) is 10. The van der Waals surface area contributed by atoms with Gasteiger partial charge in [0.15, 0.2) is 41.8 Å². The number of nitrogens with one attached hydrogen (secondary N) is 3. The fraction of sp³-hybridized carbons (Fsp3) is 0.839. The predicted octanol–water partition coefficient (Wildman–Crippen LogP) is -2.95. The molecule has 0 aliphatic carbocycles. The summed E-state index contributed by atoms with van der Waals surface area (Å²) in [4.78, 5) is 123. The molecule has 0 saturated carbocycles. The molecule has 0 aromatic heterocycles. The first-order chi connectivity index (χ1) is 37.9. The van der Waals surface area contributed by atoms with E-state index in [9.17, 15) is 78.9 Å². The topological polar surface area (TPSA) is 411 Å². The largest absolute Gasteiger partial charge is 0.548 e. The van der Waals surface area contributed by atoms with Crippen molar-refractivity contribution in [3.05, 3.63) is 0 Å². The molecule has 0 aromatic carbocycles. The molecule has 0 bridgehead atoms. The van der Waals surface area contributed by atoms with Gasteiger partial charge in [-0.25, -0.2) is 0 Å². The Labute approximate surface area is 480 Å². The molecule has 0 radical (unpaired) electrons. The van der Waals surface area contributed by atoms with Crippen LogP contribution in [0.2, 0.25) is 0 Å². The Morgan fingerprint density at radius 3 is 1.62 bits per heavy atom. The summed E-state index contributed by atoms with van der Waals surface area (Å²) < 4.78 is 29.4. The number of rotatable bonds is 31. The number of aliphatic hydroxyl groups is 6. The number of aliphatic carboxylic acids is 1. The lowest BCUT2D eigenvalue weighted by Crippen LogP contribution is -2.71. The molecule has 12 N–H and O–H groups in total. The van der Waals surface area contributed by atoms with Gasteiger partial charge in [-0.1, -0.05) is 69.2 Å². The highest BCUT2D eigenvalue weighted by Gasteiger charge is 2.52. The van der Waals surface area contributed by atoms with Crippen LogP contribution in [-0.4, -0.2) is 205 Å². The van der Waals surface area contributed by atoms with Gasteiger partial charge in [-0.15, -0.1) is 0 Å². The van der Waals surface area contributed by atoms with Crippen molar-refractivity contribution in [2.75, 3.05) is 19.8 Å². The van der Waals surface area contributed by atoms with E-state index in [0.717, 1.165) is 0 Å². The third-order valence-corrected chi connectivity index (χ3v) is 16.2. The van der Waals surface area contributed by atoms with Gasteiger partial charge >= 0.3 is 0 Å². The number of hydrogen-bond acceptors (Lipinski definition) is 21. The van der Waals surface area contributed by atoms with Crippen LogP contribution in [0.15, 0.2) is 0 Å². The molecule has 9 unspecified atom stereocenters. The molecule has 26 nitrogen and oxygen atoms in total. The Balaban J connectivity index is 1.67. The maximum absolute atomic E-state index is 14.6. The van der Waals surface area contributed by atoms with Gasteiger partial charge in [0.25, 0.3) is 0 Å². The zero-order chi connectivity index (χ0) is 62.7. The number of amides is 4. The SMILES string of the molecule is CC(CC(=O)[C@@H]1COC(C)(C)N1C(=O)C(CC(=O)[C@@H]([NH3+])C(C)O[C@H]1OC(CO)[C@H](O)[C@H](O[C@@H]2OC(CO)[C@H](O)[C@H](O)C2O)C1C)C(C)C)C(=O)N[C@@H](C)C(=O)CC(C(=O)N[C@H](C(=O)CC(C(=O)N[C@@H](C)C(=O)[O-])C(C)C)C(C)C)C(C)C. The minimum absolute atomic E-state index is 0.216. The molecule has 3 heterocycles. The third-order valence-electron chi connectivity index (χ3n) is 16.2. The number of carboxylic acids is 1. The van der Waals surface area contributed by atoms with E-state index in [0.29, 0.717) is 0 Å². The Bertz CT molecular complexity index is 2210. The summed E-state index contributed by atoms with van der Waals surface area (Å²) >= 11 is 0. The number of carboxylic acid groups (broad SMARTS) is 1. The van der Waals surface area contributed by atoms with Gasteiger partial charge < -0.3 is 90.8 Å². The van der Waals surface area contributed by atoms with Gasteiger partial charge in [0, 0.05) is 55.3 Å². The van der Waals surface area contributed by atoms with Crippen molar-refractivity contribution in [3.8, 4) is 0 Å². The number of aliphatic hydroxyl groups excluding tert-OH is 6. The average Bonchev–Trinajstić information content (AvgIpc) is 3.83. The molecule has 3 aliphatic rings. The highest BCUT2D eigenvalue weighted by Crippen LogP contribution is 2.36. The second-order valence-corrected chi connectivity index (χ2v) is 24.4. The zero-order valence-corrected chi connectivity index (χ0v) is 50.3. The molecule has 3 aliphatic heterocycles. The molecule has 20 atom stereocenters. The van der Waals surface area contributed by atoms with Crippen molar-refractivity contribution < 1.29 is 108 Å². The minimum atomic E-state index is -1.80. The van der Waals surface area contributed by atoms with Crippen LogP contribution < -0.4 is 26.8 Å². The fourth-order valence-electron chi connectivity index (χ4n) is 10.3. The fourth-order valence-corrected chi connectivity index (χ4v) is 10.3. The van der Waals surface area contributed by atoms with Crippen molar-refractivity contribution in [2.45, 2.75) is 227 Å². The summed E-state index contributed by atoms with van der Waals surface area (Å²) in [7, 11) is 0. The Hall–Kier alpha value is -4.45. The summed E-state index contributed by atoms with van der Waals surface area (Å²) in [6.45, 7) is 22.5. The highest BCUT2D eigenvalue weighted by atomic mass is 16.7. The average molecular weight is 1170 g/mol. The number of Topliss-reactive ketones (excluding diaryl/α,β-unsaturated/α-hetero) is 4. The lowest BCUT2D eigenvalue weighted by molar-refractivity contribution is -0.432. The summed E-state index contributed by atoms with van der Waals surface area (Å²) in [6, 6.07) is -5.75. The van der Waals surface area contributed by atoms with Crippen LogP contribution in [0.5, 0.6) is 0 Å². The van der Waals surface area contributed by atoms with Gasteiger partial charge in [0.1, 0.15) is 54.5 Å². The van der Waals surface area contributed by atoms with Crippen LogP contribution in [-0.2, 0) is 66.8 Å². The molecular weight excluding hydrogens is 1080 g/mol. The van der Waals surface area contributed by atoms with E-state index < -0.39 is 211 Å². The maximum atomic E-state index is 14.6. The molecule has 82 heavy (non-hydrogen) atoms. The molecule has 26 heteroatoms. The van der Waals surface area contributed by atoms with E-state index in [4.69, 9.17) is 23.7 Å². The summed E-state index contributed by atoms with van der Waals surface area (Å²) in [5.74, 6) is -12.3. The van der Waals surface area contributed by atoms with Gasteiger partial charge in [-0.05, 0) is 58.3 Å². The highest BCUT2D eigenvalue weighted by molar-refractivity contribution is 5.98. The first-order valence-electron chi connectivity index (χ1n) is 28.5. The number of carbonyl (C=O) groups excluding carboxylic acids is 9. The van der Waals surface area contributed by atoms with Gasteiger partial charge in [0.05, 0.1) is 50.0 Å². The van der Waals surface area contributed by atoms with E-state index in [2.05, 4.69) is 21.7 Å². The normalized spacial score (nSPS) is 29.0. The number of nitrogens with zero attached hydrogens (tertiary/aromatic N) is 1. The van der Waals surface area contributed by atoms with Gasteiger partial charge in [-0.3, -0.25) is 38.4 Å². The van der Waals surface area contributed by atoms with E-state index in [1.54, 1.807) is 76.2 Å². The third kappa shape index (κ3) is 18.3. The van der Waals surface area contributed by atoms with Gasteiger partial charge in [-0.2, -0.15) is 0 Å². The first-order valence-corrected chi connectivity index (χ1v) is 28.5. The zero-order valence-electron chi connectivity index (χ0n) is 50.3. The number of ketones is 4. The quantitative estimate of drug-likeness (QED) is 0.0332. The Morgan fingerprint density at radius 2 is 1.11 bits per heavy atom.